The molecule has 1 aromatic heterocycles. The molecule has 0 aliphatic carbocycles. The average molecular weight is 225 g/mol. The number of hydrogen-bond donors (Lipinski definition) is 1. The zero-order valence-electron chi connectivity index (χ0n) is 9.44. The van der Waals surface area contributed by atoms with Crippen LogP contribution in [-0.2, 0) is 0 Å². The molecule has 2 unspecified atom stereocenters. The van der Waals surface area contributed by atoms with Crippen molar-refractivity contribution in [2.24, 2.45) is 5.92 Å². The summed E-state index contributed by atoms with van der Waals surface area (Å²) < 4.78 is 0. The molecule has 1 N–H and O–H groups in total. The first-order valence-corrected chi connectivity index (χ1v) is 6.52. The molecule has 0 radical (unpaired) electrons. The first kappa shape index (κ1) is 11.0. The van der Waals surface area contributed by atoms with Crippen LogP contribution in [0.2, 0.25) is 0 Å². The fourth-order valence-electron chi connectivity index (χ4n) is 2.28. The molecule has 0 saturated carbocycles. The van der Waals surface area contributed by atoms with Gasteiger partial charge in [-0.15, -0.1) is 11.3 Å². The minimum absolute atomic E-state index is 0.484. The maximum Gasteiger partial charge on any atom is 0.0795 e. The van der Waals surface area contributed by atoms with Crippen molar-refractivity contribution in [3.63, 3.8) is 0 Å². The van der Waals surface area contributed by atoms with E-state index in [0.717, 1.165) is 12.5 Å². The van der Waals surface area contributed by atoms with Crippen molar-refractivity contribution >= 4 is 11.3 Å². The molecule has 1 aromatic rings. The first-order chi connectivity index (χ1) is 7.31. The fraction of sp³-hybridized carbons (Fsp3) is 0.727. The van der Waals surface area contributed by atoms with E-state index in [1.807, 2.05) is 12.6 Å². The third-order valence-corrected chi connectivity index (χ3v) is 3.84. The Morgan fingerprint density at radius 3 is 3.27 bits per heavy atom. The summed E-state index contributed by atoms with van der Waals surface area (Å²) in [5.74, 6) is 0.816. The van der Waals surface area contributed by atoms with E-state index < -0.39 is 0 Å². The molecule has 0 amide bonds. The lowest BCUT2D eigenvalue weighted by Gasteiger charge is -2.22. The van der Waals surface area contributed by atoms with Crippen LogP contribution in [-0.4, -0.2) is 36.6 Å². The highest BCUT2D eigenvalue weighted by atomic mass is 32.1. The second-order valence-electron chi connectivity index (χ2n) is 4.30. The van der Waals surface area contributed by atoms with Crippen LogP contribution in [0.3, 0.4) is 0 Å². The molecule has 0 spiro atoms. The summed E-state index contributed by atoms with van der Waals surface area (Å²) in [4.78, 5) is 6.93. The van der Waals surface area contributed by atoms with Gasteiger partial charge in [-0.2, -0.15) is 0 Å². The van der Waals surface area contributed by atoms with Crippen LogP contribution >= 0.6 is 11.3 Å². The number of thiazole rings is 1. The van der Waals surface area contributed by atoms with Crippen LogP contribution in [0.25, 0.3) is 0 Å². The van der Waals surface area contributed by atoms with Crippen molar-refractivity contribution in [3.8, 4) is 0 Å². The van der Waals surface area contributed by atoms with E-state index in [9.17, 15) is 0 Å². The fourth-order valence-corrected chi connectivity index (χ4v) is 2.93. The van der Waals surface area contributed by atoms with E-state index in [1.54, 1.807) is 11.3 Å². The zero-order valence-corrected chi connectivity index (χ0v) is 10.3. The quantitative estimate of drug-likeness (QED) is 0.846. The summed E-state index contributed by atoms with van der Waals surface area (Å²) in [5.41, 5.74) is 3.15. The molecule has 1 aliphatic heterocycles. The van der Waals surface area contributed by atoms with Gasteiger partial charge in [0.1, 0.15) is 0 Å². The van der Waals surface area contributed by atoms with Crippen molar-refractivity contribution in [3.05, 3.63) is 16.6 Å². The maximum absolute atomic E-state index is 4.39. The van der Waals surface area contributed by atoms with Crippen molar-refractivity contribution in [1.82, 2.24) is 15.2 Å². The predicted molar refractivity (Wildman–Crippen MR) is 64.1 cm³/mol. The van der Waals surface area contributed by atoms with Crippen LogP contribution in [0.15, 0.2) is 10.9 Å². The summed E-state index contributed by atoms with van der Waals surface area (Å²) in [5, 5.41) is 5.43. The second-order valence-corrected chi connectivity index (χ2v) is 5.02. The lowest BCUT2D eigenvalue weighted by Crippen LogP contribution is -2.27. The molecule has 1 saturated heterocycles. The molecule has 1 fully saturated rings. The van der Waals surface area contributed by atoms with Gasteiger partial charge >= 0.3 is 0 Å². The van der Waals surface area contributed by atoms with Gasteiger partial charge < -0.3 is 5.32 Å². The molecule has 84 valence electrons. The summed E-state index contributed by atoms with van der Waals surface area (Å²) in [6.07, 6.45) is 1.31. The van der Waals surface area contributed by atoms with Gasteiger partial charge in [0.05, 0.1) is 17.2 Å². The Labute approximate surface area is 95.5 Å². The maximum atomic E-state index is 4.39. The number of nitrogens with one attached hydrogen (secondary N) is 1. The lowest BCUT2D eigenvalue weighted by molar-refractivity contribution is 0.248. The predicted octanol–water partition coefficient (Wildman–Crippen LogP) is 1.75. The highest BCUT2D eigenvalue weighted by Crippen LogP contribution is 2.26. The van der Waals surface area contributed by atoms with Gasteiger partial charge in [0.25, 0.3) is 0 Å². The molecule has 2 rings (SSSR count). The summed E-state index contributed by atoms with van der Waals surface area (Å²) in [6.45, 7) is 5.82. The van der Waals surface area contributed by atoms with Crippen molar-refractivity contribution < 1.29 is 0 Å². The van der Waals surface area contributed by atoms with Gasteiger partial charge in [-0.3, -0.25) is 4.90 Å². The second kappa shape index (κ2) is 5.05. The van der Waals surface area contributed by atoms with E-state index in [2.05, 4.69) is 27.5 Å². The van der Waals surface area contributed by atoms with Crippen LogP contribution in [0.1, 0.15) is 25.1 Å². The van der Waals surface area contributed by atoms with Crippen LogP contribution in [0.4, 0.5) is 0 Å². The Bertz CT molecular complexity index is 286. The van der Waals surface area contributed by atoms with Gasteiger partial charge in [-0.25, -0.2) is 4.98 Å². The summed E-state index contributed by atoms with van der Waals surface area (Å²) in [6, 6.07) is 0.484. The molecule has 3 nitrogen and oxygen atoms in total. The number of rotatable bonds is 4. The first-order valence-electron chi connectivity index (χ1n) is 5.58. The SMILES string of the molecule is CNCC1CCN(C(C)c2cscn2)C1. The van der Waals surface area contributed by atoms with Gasteiger partial charge in [0, 0.05) is 11.9 Å². The Kier molecular flexibility index (Phi) is 3.72. The van der Waals surface area contributed by atoms with Gasteiger partial charge in [0.2, 0.25) is 0 Å². The molecule has 2 heterocycles. The highest BCUT2D eigenvalue weighted by Gasteiger charge is 2.26. The third kappa shape index (κ3) is 2.56. The zero-order chi connectivity index (χ0) is 10.7. The topological polar surface area (TPSA) is 28.2 Å². The minimum Gasteiger partial charge on any atom is -0.319 e. The molecule has 2 atom stereocenters. The Hall–Kier alpha value is -0.450. The molecule has 1 aliphatic rings. The lowest BCUT2D eigenvalue weighted by atomic mass is 10.1. The molecule has 0 aromatic carbocycles. The molecule has 0 bridgehead atoms. The molecular formula is C11H19N3S. The van der Waals surface area contributed by atoms with Crippen LogP contribution < -0.4 is 5.32 Å². The standard InChI is InChI=1S/C11H19N3S/c1-9(11-7-15-8-13-11)14-4-3-10(6-14)5-12-2/h7-10,12H,3-6H2,1-2H3. The number of hydrogen-bond acceptors (Lipinski definition) is 4. The molecule has 15 heavy (non-hydrogen) atoms. The normalized spacial score (nSPS) is 24.5. The van der Waals surface area contributed by atoms with Crippen LogP contribution in [0, 0.1) is 5.92 Å². The average Bonchev–Trinajstić information content (AvgIpc) is 2.87. The van der Waals surface area contributed by atoms with Crippen LogP contribution in [0.5, 0.6) is 0 Å². The van der Waals surface area contributed by atoms with Gasteiger partial charge in [0.15, 0.2) is 0 Å². The van der Waals surface area contributed by atoms with E-state index in [4.69, 9.17) is 0 Å². The van der Waals surface area contributed by atoms with Gasteiger partial charge in [-0.05, 0) is 39.4 Å². The molecular weight excluding hydrogens is 206 g/mol. The summed E-state index contributed by atoms with van der Waals surface area (Å²) >= 11 is 1.69. The van der Waals surface area contributed by atoms with Gasteiger partial charge in [-0.1, -0.05) is 0 Å². The monoisotopic (exact) mass is 225 g/mol. The van der Waals surface area contributed by atoms with Crippen molar-refractivity contribution in [2.45, 2.75) is 19.4 Å². The number of aromatic nitrogens is 1. The van der Waals surface area contributed by atoms with E-state index in [-0.39, 0.29) is 0 Å². The Morgan fingerprint density at radius 1 is 1.73 bits per heavy atom. The smallest absolute Gasteiger partial charge is 0.0795 e. The third-order valence-electron chi connectivity index (χ3n) is 3.24. The van der Waals surface area contributed by atoms with Crippen molar-refractivity contribution in [2.75, 3.05) is 26.7 Å². The van der Waals surface area contributed by atoms with E-state index >= 15 is 0 Å². The Balaban J connectivity index is 1.90. The molecule has 4 heteroatoms. The Morgan fingerprint density at radius 2 is 2.60 bits per heavy atom. The highest BCUT2D eigenvalue weighted by molar-refractivity contribution is 7.07. The number of likely N-dealkylation sites (tertiary alicyclic amines) is 1. The minimum atomic E-state index is 0.484. The van der Waals surface area contributed by atoms with E-state index in [1.165, 1.54) is 25.2 Å². The van der Waals surface area contributed by atoms with E-state index in [0.29, 0.717) is 6.04 Å². The largest absolute Gasteiger partial charge is 0.319 e. The van der Waals surface area contributed by atoms with Crippen molar-refractivity contribution in [1.29, 1.82) is 0 Å². The summed E-state index contributed by atoms with van der Waals surface area (Å²) in [7, 11) is 2.03. The number of nitrogens with zero attached hydrogens (tertiary/aromatic N) is 2.